The van der Waals surface area contributed by atoms with Crippen molar-refractivity contribution in [3.05, 3.63) is 35.9 Å². The Morgan fingerprint density at radius 2 is 2.14 bits per heavy atom. The van der Waals surface area contributed by atoms with Gasteiger partial charge in [0.05, 0.1) is 6.54 Å². The van der Waals surface area contributed by atoms with E-state index >= 15 is 0 Å². The molecule has 1 atom stereocenters. The summed E-state index contributed by atoms with van der Waals surface area (Å²) < 4.78 is 0. The molecule has 14 heavy (non-hydrogen) atoms. The zero-order chi connectivity index (χ0) is 9.97. The number of hydrogen-bond donors (Lipinski definition) is 1. The lowest BCUT2D eigenvalue weighted by Gasteiger charge is -2.10. The normalized spacial score (nSPS) is 20.0. The molecule has 1 heterocycles. The summed E-state index contributed by atoms with van der Waals surface area (Å²) in [5.41, 5.74) is 1.10. The van der Waals surface area contributed by atoms with E-state index in [9.17, 15) is 4.79 Å². The molecule has 4 nitrogen and oxygen atoms in total. The van der Waals surface area contributed by atoms with Crippen molar-refractivity contribution in [1.82, 2.24) is 5.01 Å². The van der Waals surface area contributed by atoms with Gasteiger partial charge in [-0.05, 0) is 5.56 Å². The summed E-state index contributed by atoms with van der Waals surface area (Å²) in [6.45, 7) is 0.416. The van der Waals surface area contributed by atoms with Gasteiger partial charge >= 0.3 is 6.09 Å². The molecule has 2 rings (SSSR count). The zero-order valence-corrected chi connectivity index (χ0v) is 7.50. The van der Waals surface area contributed by atoms with Crippen LogP contribution in [0.4, 0.5) is 4.79 Å². The Balaban J connectivity index is 2.11. The topological polar surface area (TPSA) is 52.9 Å². The second-order valence-electron chi connectivity index (χ2n) is 3.15. The molecule has 1 amide bonds. The quantitative estimate of drug-likeness (QED) is 0.733. The number of rotatable bonds is 1. The van der Waals surface area contributed by atoms with Gasteiger partial charge in [-0.3, -0.25) is 0 Å². The van der Waals surface area contributed by atoms with Crippen LogP contribution >= 0.6 is 0 Å². The van der Waals surface area contributed by atoms with Crippen molar-refractivity contribution in [3.63, 3.8) is 0 Å². The fraction of sp³-hybridized carbons (Fsp3) is 0.200. The van der Waals surface area contributed by atoms with Crippen LogP contribution in [0.15, 0.2) is 35.4 Å². The minimum Gasteiger partial charge on any atom is -0.464 e. The maximum atomic E-state index is 10.6. The maximum Gasteiger partial charge on any atom is 0.427 e. The fourth-order valence-electron chi connectivity index (χ4n) is 1.46. The van der Waals surface area contributed by atoms with Gasteiger partial charge in [0.25, 0.3) is 0 Å². The third-order valence-corrected chi connectivity index (χ3v) is 2.20. The van der Waals surface area contributed by atoms with Gasteiger partial charge in [0.15, 0.2) is 0 Å². The van der Waals surface area contributed by atoms with Crippen LogP contribution in [0.1, 0.15) is 11.5 Å². The molecule has 0 aromatic heterocycles. The van der Waals surface area contributed by atoms with E-state index in [1.54, 1.807) is 6.21 Å². The van der Waals surface area contributed by atoms with Crippen LogP contribution in [-0.2, 0) is 0 Å². The summed E-state index contributed by atoms with van der Waals surface area (Å²) in [7, 11) is 0. The van der Waals surface area contributed by atoms with E-state index in [1.807, 2.05) is 30.3 Å². The van der Waals surface area contributed by atoms with Crippen molar-refractivity contribution in [2.45, 2.75) is 5.92 Å². The Morgan fingerprint density at radius 3 is 2.71 bits per heavy atom. The van der Waals surface area contributed by atoms with Gasteiger partial charge in [-0.2, -0.15) is 10.1 Å². The van der Waals surface area contributed by atoms with Crippen LogP contribution in [0.2, 0.25) is 0 Å². The zero-order valence-electron chi connectivity index (χ0n) is 7.50. The first-order chi connectivity index (χ1) is 6.77. The summed E-state index contributed by atoms with van der Waals surface area (Å²) in [6, 6.07) is 9.76. The molecule has 0 saturated heterocycles. The Hall–Kier alpha value is -1.84. The molecule has 1 aromatic carbocycles. The molecule has 72 valence electrons. The number of carboxylic acid groups (broad SMARTS) is 1. The van der Waals surface area contributed by atoms with E-state index in [0.717, 1.165) is 10.6 Å². The lowest BCUT2D eigenvalue weighted by Crippen LogP contribution is -2.23. The minimum atomic E-state index is -1.00. The van der Waals surface area contributed by atoms with Crippen molar-refractivity contribution < 1.29 is 9.90 Å². The fourth-order valence-corrected chi connectivity index (χ4v) is 1.46. The van der Waals surface area contributed by atoms with Gasteiger partial charge in [-0.15, -0.1) is 0 Å². The molecule has 0 fully saturated rings. The van der Waals surface area contributed by atoms with Crippen LogP contribution in [0.25, 0.3) is 0 Å². The maximum absolute atomic E-state index is 10.6. The van der Waals surface area contributed by atoms with Gasteiger partial charge in [-0.25, -0.2) is 4.79 Å². The van der Waals surface area contributed by atoms with E-state index in [-0.39, 0.29) is 5.92 Å². The van der Waals surface area contributed by atoms with Crippen molar-refractivity contribution in [1.29, 1.82) is 0 Å². The van der Waals surface area contributed by atoms with Crippen molar-refractivity contribution >= 4 is 12.3 Å². The molecule has 0 radical (unpaired) electrons. The minimum absolute atomic E-state index is 0.0901. The van der Waals surface area contributed by atoms with Crippen molar-refractivity contribution in [3.8, 4) is 0 Å². The monoisotopic (exact) mass is 190 g/mol. The largest absolute Gasteiger partial charge is 0.464 e. The average molecular weight is 190 g/mol. The Morgan fingerprint density at radius 1 is 1.43 bits per heavy atom. The number of carbonyl (C=O) groups is 1. The number of nitrogens with zero attached hydrogens (tertiary/aromatic N) is 2. The Bertz CT molecular complexity index is 362. The number of amides is 1. The highest BCUT2D eigenvalue weighted by atomic mass is 16.4. The van der Waals surface area contributed by atoms with E-state index in [0.29, 0.717) is 6.54 Å². The molecule has 4 heteroatoms. The molecular formula is C10H10N2O2. The molecule has 1 aromatic rings. The van der Waals surface area contributed by atoms with E-state index in [1.165, 1.54) is 0 Å². The second-order valence-corrected chi connectivity index (χ2v) is 3.15. The third kappa shape index (κ3) is 1.59. The molecule has 0 bridgehead atoms. The highest BCUT2D eigenvalue weighted by molar-refractivity contribution is 5.75. The molecule has 1 N–H and O–H groups in total. The van der Waals surface area contributed by atoms with Gasteiger partial charge in [-0.1, -0.05) is 30.3 Å². The van der Waals surface area contributed by atoms with Crippen LogP contribution in [0, 0.1) is 0 Å². The molecule has 0 saturated carbocycles. The number of hydrazone groups is 1. The first-order valence-corrected chi connectivity index (χ1v) is 4.37. The standard InChI is InChI=1S/C10H10N2O2/c13-10(14)12-7-9(6-11-12)8-4-2-1-3-5-8/h1-6,9H,7H2,(H,13,14). The number of benzene rings is 1. The molecule has 0 aliphatic carbocycles. The van der Waals surface area contributed by atoms with Gasteiger partial charge in [0.2, 0.25) is 0 Å². The second kappa shape index (κ2) is 3.49. The first-order valence-electron chi connectivity index (χ1n) is 4.37. The van der Waals surface area contributed by atoms with E-state index in [4.69, 9.17) is 5.11 Å². The predicted octanol–water partition coefficient (Wildman–Crippen LogP) is 1.75. The molecular weight excluding hydrogens is 180 g/mol. The van der Waals surface area contributed by atoms with Gasteiger partial charge in [0, 0.05) is 12.1 Å². The molecule has 1 unspecified atom stereocenters. The third-order valence-electron chi connectivity index (χ3n) is 2.20. The average Bonchev–Trinajstić information content (AvgIpc) is 2.68. The highest BCUT2D eigenvalue weighted by Crippen LogP contribution is 2.19. The SMILES string of the molecule is O=C(O)N1CC(c2ccccc2)C=N1. The van der Waals surface area contributed by atoms with Crippen LogP contribution in [0.5, 0.6) is 0 Å². The van der Waals surface area contributed by atoms with Crippen molar-refractivity contribution in [2.75, 3.05) is 6.54 Å². The molecule has 0 spiro atoms. The van der Waals surface area contributed by atoms with Crippen LogP contribution in [0.3, 0.4) is 0 Å². The van der Waals surface area contributed by atoms with Gasteiger partial charge < -0.3 is 5.11 Å². The smallest absolute Gasteiger partial charge is 0.427 e. The van der Waals surface area contributed by atoms with Crippen LogP contribution < -0.4 is 0 Å². The highest BCUT2D eigenvalue weighted by Gasteiger charge is 2.23. The lowest BCUT2D eigenvalue weighted by atomic mass is 10.0. The first kappa shape index (κ1) is 8.74. The van der Waals surface area contributed by atoms with Crippen LogP contribution in [-0.4, -0.2) is 29.0 Å². The summed E-state index contributed by atoms with van der Waals surface area (Å²) in [6.07, 6.45) is 0.670. The molecule has 1 aliphatic rings. The van der Waals surface area contributed by atoms with E-state index in [2.05, 4.69) is 5.10 Å². The van der Waals surface area contributed by atoms with Crippen molar-refractivity contribution in [2.24, 2.45) is 5.10 Å². The summed E-state index contributed by atoms with van der Waals surface area (Å²) >= 11 is 0. The Labute approximate surface area is 81.5 Å². The van der Waals surface area contributed by atoms with Gasteiger partial charge in [0.1, 0.15) is 0 Å². The summed E-state index contributed by atoms with van der Waals surface area (Å²) in [5.74, 6) is 0.0901. The number of hydrogen-bond acceptors (Lipinski definition) is 2. The summed E-state index contributed by atoms with van der Waals surface area (Å²) in [4.78, 5) is 10.6. The predicted molar refractivity (Wildman–Crippen MR) is 52.4 cm³/mol. The molecule has 1 aliphatic heterocycles. The lowest BCUT2D eigenvalue weighted by molar-refractivity contribution is 0.151. The van der Waals surface area contributed by atoms with E-state index < -0.39 is 6.09 Å². The Kier molecular flexibility index (Phi) is 2.18. The summed E-state index contributed by atoms with van der Waals surface area (Å²) in [5, 5.41) is 13.5.